The lowest BCUT2D eigenvalue weighted by molar-refractivity contribution is 0.0939. The molecule has 1 unspecified atom stereocenters. The summed E-state index contributed by atoms with van der Waals surface area (Å²) in [7, 11) is -2.29. The molecule has 23 heavy (non-hydrogen) atoms. The van der Waals surface area contributed by atoms with Gasteiger partial charge in [0.05, 0.1) is 7.11 Å². The fraction of sp³-hybridized carbons (Fsp3) is 0.562. The zero-order valence-corrected chi connectivity index (χ0v) is 15.2. The van der Waals surface area contributed by atoms with Crippen LogP contribution in [0.5, 0.6) is 5.75 Å². The van der Waals surface area contributed by atoms with Crippen molar-refractivity contribution in [2.24, 2.45) is 0 Å². The van der Waals surface area contributed by atoms with Gasteiger partial charge in [-0.15, -0.1) is 0 Å². The molecule has 0 fully saturated rings. The Hall–Kier alpha value is -1.60. The van der Waals surface area contributed by atoms with E-state index in [9.17, 15) is 13.2 Å². The van der Waals surface area contributed by atoms with Gasteiger partial charge in [-0.05, 0) is 31.5 Å². The van der Waals surface area contributed by atoms with Crippen LogP contribution in [0.4, 0.5) is 0 Å². The summed E-state index contributed by atoms with van der Waals surface area (Å²) in [5.74, 6) is -0.0602. The van der Waals surface area contributed by atoms with Crippen LogP contribution in [-0.2, 0) is 10.0 Å². The molecule has 0 saturated carbocycles. The Kier molecular flexibility index (Phi) is 7.02. The van der Waals surface area contributed by atoms with E-state index in [4.69, 9.17) is 4.74 Å². The number of hydrogen-bond acceptors (Lipinski definition) is 4. The maximum absolute atomic E-state index is 12.7. The zero-order valence-electron chi connectivity index (χ0n) is 14.4. The Bertz CT molecular complexity index is 639. The van der Waals surface area contributed by atoms with E-state index in [1.165, 1.54) is 23.5 Å². The van der Waals surface area contributed by atoms with Crippen LogP contribution in [0.25, 0.3) is 0 Å². The molecule has 0 bridgehead atoms. The molecule has 0 spiro atoms. The van der Waals surface area contributed by atoms with E-state index < -0.39 is 10.0 Å². The lowest BCUT2D eigenvalue weighted by Crippen LogP contribution is -2.33. The molecule has 0 aromatic heterocycles. The third kappa shape index (κ3) is 4.45. The molecule has 1 rings (SSSR count). The standard InChI is InChI=1S/C16H26N2O4S/c1-6-12(4)17-16(19)13-9-10-14(22-5)15(11-13)23(20,21)18(7-2)8-3/h9-12H,6-8H2,1-5H3,(H,17,19). The van der Waals surface area contributed by atoms with Gasteiger partial charge in [0.1, 0.15) is 10.6 Å². The Morgan fingerprint density at radius 3 is 2.35 bits per heavy atom. The van der Waals surface area contributed by atoms with E-state index in [0.717, 1.165) is 6.42 Å². The summed E-state index contributed by atoms with van der Waals surface area (Å²) >= 11 is 0. The van der Waals surface area contributed by atoms with Gasteiger partial charge in [0.2, 0.25) is 10.0 Å². The van der Waals surface area contributed by atoms with E-state index in [1.54, 1.807) is 19.9 Å². The average molecular weight is 342 g/mol. The van der Waals surface area contributed by atoms with E-state index in [-0.39, 0.29) is 22.6 Å². The summed E-state index contributed by atoms with van der Waals surface area (Å²) in [4.78, 5) is 12.3. The number of nitrogens with zero attached hydrogens (tertiary/aromatic N) is 1. The van der Waals surface area contributed by atoms with Crippen molar-refractivity contribution >= 4 is 15.9 Å². The predicted molar refractivity (Wildman–Crippen MR) is 90.3 cm³/mol. The number of sulfonamides is 1. The van der Waals surface area contributed by atoms with Crippen molar-refractivity contribution in [1.29, 1.82) is 0 Å². The smallest absolute Gasteiger partial charge is 0.251 e. The average Bonchev–Trinajstić information content (AvgIpc) is 2.54. The van der Waals surface area contributed by atoms with Gasteiger partial charge in [0.15, 0.2) is 0 Å². The van der Waals surface area contributed by atoms with Crippen molar-refractivity contribution in [1.82, 2.24) is 9.62 Å². The van der Waals surface area contributed by atoms with Crippen molar-refractivity contribution in [2.45, 2.75) is 45.1 Å². The molecule has 0 radical (unpaired) electrons. The molecular weight excluding hydrogens is 316 g/mol. The van der Waals surface area contributed by atoms with Gasteiger partial charge in [0, 0.05) is 24.7 Å². The molecule has 1 N–H and O–H groups in total. The van der Waals surface area contributed by atoms with Crippen LogP contribution in [0.2, 0.25) is 0 Å². The summed E-state index contributed by atoms with van der Waals surface area (Å²) in [6.45, 7) is 8.11. The lowest BCUT2D eigenvalue weighted by Gasteiger charge is -2.20. The predicted octanol–water partition coefficient (Wildman–Crippen LogP) is 2.25. The Balaban J connectivity index is 3.31. The van der Waals surface area contributed by atoms with Crippen LogP contribution in [0, 0.1) is 0 Å². The first-order chi connectivity index (χ1) is 10.8. The summed E-state index contributed by atoms with van der Waals surface area (Å²) in [6, 6.07) is 4.48. The summed E-state index contributed by atoms with van der Waals surface area (Å²) in [6.07, 6.45) is 0.798. The van der Waals surface area contributed by atoms with Crippen LogP contribution in [-0.4, -0.2) is 44.9 Å². The number of ether oxygens (including phenoxy) is 1. The fourth-order valence-electron chi connectivity index (χ4n) is 2.13. The number of nitrogens with one attached hydrogen (secondary N) is 1. The molecule has 1 aromatic carbocycles. The molecular formula is C16H26N2O4S. The number of amides is 1. The molecule has 1 atom stereocenters. The largest absolute Gasteiger partial charge is 0.495 e. The van der Waals surface area contributed by atoms with Crippen molar-refractivity contribution in [3.63, 3.8) is 0 Å². The second kappa shape index (κ2) is 8.31. The Labute approximate surface area is 138 Å². The highest BCUT2D eigenvalue weighted by atomic mass is 32.2. The van der Waals surface area contributed by atoms with Crippen molar-refractivity contribution in [3.05, 3.63) is 23.8 Å². The van der Waals surface area contributed by atoms with Crippen LogP contribution in [0.15, 0.2) is 23.1 Å². The zero-order chi connectivity index (χ0) is 17.6. The third-order valence-electron chi connectivity index (χ3n) is 3.74. The molecule has 0 aliphatic carbocycles. The van der Waals surface area contributed by atoms with Gasteiger partial charge in [-0.25, -0.2) is 8.42 Å². The van der Waals surface area contributed by atoms with Gasteiger partial charge in [-0.1, -0.05) is 20.8 Å². The SMILES string of the molecule is CCC(C)NC(=O)c1ccc(OC)c(S(=O)(=O)N(CC)CC)c1. The topological polar surface area (TPSA) is 75.7 Å². The van der Waals surface area contributed by atoms with Crippen LogP contribution in [0.3, 0.4) is 0 Å². The summed E-state index contributed by atoms with van der Waals surface area (Å²) < 4.78 is 32.0. The van der Waals surface area contributed by atoms with Crippen LogP contribution >= 0.6 is 0 Å². The first-order valence-electron chi connectivity index (χ1n) is 7.80. The number of carbonyl (C=O) groups is 1. The molecule has 0 aliphatic heterocycles. The lowest BCUT2D eigenvalue weighted by atomic mass is 10.2. The maximum Gasteiger partial charge on any atom is 0.251 e. The molecule has 0 saturated heterocycles. The second-order valence-electron chi connectivity index (χ2n) is 5.24. The van der Waals surface area contributed by atoms with Crippen LogP contribution < -0.4 is 10.1 Å². The Morgan fingerprint density at radius 1 is 1.26 bits per heavy atom. The van der Waals surface area contributed by atoms with Gasteiger partial charge < -0.3 is 10.1 Å². The number of methoxy groups -OCH3 is 1. The number of carbonyl (C=O) groups excluding carboxylic acids is 1. The van der Waals surface area contributed by atoms with E-state index >= 15 is 0 Å². The highest BCUT2D eigenvalue weighted by molar-refractivity contribution is 7.89. The minimum atomic E-state index is -3.71. The first kappa shape index (κ1) is 19.4. The van der Waals surface area contributed by atoms with Gasteiger partial charge in [-0.3, -0.25) is 4.79 Å². The fourth-order valence-corrected chi connectivity index (χ4v) is 3.77. The second-order valence-corrected chi connectivity index (χ2v) is 7.14. The summed E-state index contributed by atoms with van der Waals surface area (Å²) in [5, 5.41) is 2.83. The molecule has 130 valence electrons. The number of benzene rings is 1. The number of hydrogen-bond donors (Lipinski definition) is 1. The van der Waals surface area contributed by atoms with Crippen LogP contribution in [0.1, 0.15) is 44.5 Å². The minimum absolute atomic E-state index is 0.0144. The number of rotatable bonds is 8. The van der Waals surface area contributed by atoms with E-state index in [0.29, 0.717) is 18.7 Å². The molecule has 0 heterocycles. The first-order valence-corrected chi connectivity index (χ1v) is 9.24. The molecule has 1 amide bonds. The molecule has 7 heteroatoms. The van der Waals surface area contributed by atoms with E-state index in [2.05, 4.69) is 5.32 Å². The van der Waals surface area contributed by atoms with E-state index in [1.807, 2.05) is 13.8 Å². The Morgan fingerprint density at radius 2 is 1.87 bits per heavy atom. The van der Waals surface area contributed by atoms with Crippen molar-refractivity contribution in [3.8, 4) is 5.75 Å². The maximum atomic E-state index is 12.7. The van der Waals surface area contributed by atoms with Crippen molar-refractivity contribution < 1.29 is 17.9 Å². The highest BCUT2D eigenvalue weighted by Gasteiger charge is 2.26. The minimum Gasteiger partial charge on any atom is -0.495 e. The monoisotopic (exact) mass is 342 g/mol. The quantitative estimate of drug-likeness (QED) is 0.786. The summed E-state index contributed by atoms with van der Waals surface area (Å²) in [5.41, 5.74) is 0.303. The highest BCUT2D eigenvalue weighted by Crippen LogP contribution is 2.27. The van der Waals surface area contributed by atoms with Gasteiger partial charge in [0.25, 0.3) is 5.91 Å². The molecule has 6 nitrogen and oxygen atoms in total. The normalized spacial score (nSPS) is 13.0. The molecule has 1 aromatic rings. The van der Waals surface area contributed by atoms with Gasteiger partial charge >= 0.3 is 0 Å². The van der Waals surface area contributed by atoms with Gasteiger partial charge in [-0.2, -0.15) is 4.31 Å². The van der Waals surface area contributed by atoms with Crippen molar-refractivity contribution in [2.75, 3.05) is 20.2 Å². The molecule has 0 aliphatic rings. The third-order valence-corrected chi connectivity index (χ3v) is 5.81.